The summed E-state index contributed by atoms with van der Waals surface area (Å²) in [5.74, 6) is -7.28. The molecule has 5 atom stereocenters. The summed E-state index contributed by atoms with van der Waals surface area (Å²) in [6.45, 7) is 1.21. The van der Waals surface area contributed by atoms with Crippen LogP contribution in [-0.2, 0) is 35.2 Å². The zero-order valence-corrected chi connectivity index (χ0v) is 18.1. The second-order valence-electron chi connectivity index (χ2n) is 7.34. The SMILES string of the molecule is CC(O)C(N)C(=O)NC(CC(N)=O)C(=O)NC(CC(=O)O)C(=O)NC(Cc1cnc[nH]1)C(=O)O. The fraction of sp³-hybridized carbons (Fsp3) is 0.500. The number of aliphatic hydroxyl groups excluding tert-OH is 1. The normalized spacial score (nSPS) is 15.1. The highest BCUT2D eigenvalue weighted by Crippen LogP contribution is 2.03. The standard InChI is InChI=1S/C18H27N7O9/c1-7(26)14(20)17(32)24-9(3-12(19)27)15(30)23-10(4-13(28)29)16(31)25-11(18(33)34)2-8-5-21-6-22-8/h5-7,9-11,14,26H,2-4,20H2,1H3,(H2,19,27)(H,21,22)(H,23,30)(H,24,32)(H,25,31)(H,28,29)(H,33,34). The zero-order valence-electron chi connectivity index (χ0n) is 18.1. The van der Waals surface area contributed by atoms with Crippen LogP contribution in [0.3, 0.4) is 0 Å². The number of aliphatic hydroxyl groups is 1. The molecule has 1 heterocycles. The van der Waals surface area contributed by atoms with Gasteiger partial charge in [-0.3, -0.25) is 24.0 Å². The Balaban J connectivity index is 3.01. The van der Waals surface area contributed by atoms with Crippen molar-refractivity contribution in [2.75, 3.05) is 0 Å². The topological polar surface area (TPSA) is 280 Å². The minimum absolute atomic E-state index is 0.216. The molecule has 1 aromatic heterocycles. The number of hydrogen-bond acceptors (Lipinski definition) is 9. The molecule has 0 aromatic carbocycles. The number of nitrogens with zero attached hydrogens (tertiary/aromatic N) is 1. The molecule has 1 aromatic rings. The van der Waals surface area contributed by atoms with Crippen LogP contribution in [0.5, 0.6) is 0 Å². The Bertz CT molecular complexity index is 904. The van der Waals surface area contributed by atoms with Gasteiger partial charge in [-0.1, -0.05) is 0 Å². The molecule has 1 rings (SSSR count). The third-order valence-corrected chi connectivity index (χ3v) is 4.47. The van der Waals surface area contributed by atoms with Crippen molar-refractivity contribution in [3.8, 4) is 0 Å². The van der Waals surface area contributed by atoms with Crippen molar-refractivity contribution < 1.29 is 44.1 Å². The van der Waals surface area contributed by atoms with Crippen molar-refractivity contribution in [2.24, 2.45) is 11.5 Å². The van der Waals surface area contributed by atoms with Gasteiger partial charge in [-0.2, -0.15) is 0 Å². The highest BCUT2D eigenvalue weighted by molar-refractivity contribution is 5.97. The number of hydrogen-bond donors (Lipinski definition) is 9. The van der Waals surface area contributed by atoms with E-state index in [0.717, 1.165) is 0 Å². The summed E-state index contributed by atoms with van der Waals surface area (Å²) in [5, 5.41) is 34.2. The molecule has 188 valence electrons. The third-order valence-electron chi connectivity index (χ3n) is 4.47. The van der Waals surface area contributed by atoms with Crippen LogP contribution in [0.25, 0.3) is 0 Å². The smallest absolute Gasteiger partial charge is 0.326 e. The van der Waals surface area contributed by atoms with Crippen LogP contribution < -0.4 is 27.4 Å². The molecule has 0 aliphatic rings. The predicted octanol–water partition coefficient (Wildman–Crippen LogP) is -4.45. The lowest BCUT2D eigenvalue weighted by Gasteiger charge is -2.24. The Hall–Kier alpha value is -4.05. The quantitative estimate of drug-likeness (QED) is 0.121. The molecule has 0 radical (unpaired) electrons. The van der Waals surface area contributed by atoms with Gasteiger partial charge in [-0.25, -0.2) is 9.78 Å². The molecule has 0 spiro atoms. The number of aromatic amines is 1. The number of nitrogens with one attached hydrogen (secondary N) is 4. The fourth-order valence-corrected chi connectivity index (χ4v) is 2.64. The summed E-state index contributed by atoms with van der Waals surface area (Å²) in [7, 11) is 0. The Morgan fingerprint density at radius 2 is 1.50 bits per heavy atom. The van der Waals surface area contributed by atoms with Crippen molar-refractivity contribution in [2.45, 2.75) is 56.5 Å². The molecule has 34 heavy (non-hydrogen) atoms. The second-order valence-corrected chi connectivity index (χ2v) is 7.34. The third kappa shape index (κ3) is 9.21. The van der Waals surface area contributed by atoms with Crippen LogP contribution in [0.4, 0.5) is 0 Å². The number of carboxylic acid groups (broad SMARTS) is 2. The number of aromatic nitrogens is 2. The zero-order chi connectivity index (χ0) is 26.0. The van der Waals surface area contributed by atoms with Gasteiger partial charge in [-0.05, 0) is 6.92 Å². The Labute approximate surface area is 192 Å². The van der Waals surface area contributed by atoms with Crippen LogP contribution in [-0.4, -0.2) is 91.1 Å². The minimum Gasteiger partial charge on any atom is -0.481 e. The summed E-state index contributed by atoms with van der Waals surface area (Å²) < 4.78 is 0. The minimum atomic E-state index is -1.77. The molecular formula is C18H27N7O9. The Morgan fingerprint density at radius 1 is 0.971 bits per heavy atom. The molecule has 0 saturated heterocycles. The number of carbonyl (C=O) groups is 6. The van der Waals surface area contributed by atoms with Crippen molar-refractivity contribution >= 4 is 35.6 Å². The number of amides is 4. The van der Waals surface area contributed by atoms with Crippen LogP contribution in [0.1, 0.15) is 25.5 Å². The molecule has 16 nitrogen and oxygen atoms in total. The highest BCUT2D eigenvalue weighted by Gasteiger charge is 2.33. The van der Waals surface area contributed by atoms with Gasteiger partial charge in [0, 0.05) is 18.3 Å². The lowest BCUT2D eigenvalue weighted by Crippen LogP contribution is -2.59. The van der Waals surface area contributed by atoms with E-state index >= 15 is 0 Å². The molecule has 0 fully saturated rings. The molecule has 0 aliphatic carbocycles. The summed E-state index contributed by atoms with van der Waals surface area (Å²) in [5.41, 5.74) is 10.9. The van der Waals surface area contributed by atoms with E-state index in [1.54, 1.807) is 0 Å². The van der Waals surface area contributed by atoms with Gasteiger partial charge in [0.25, 0.3) is 0 Å². The maximum Gasteiger partial charge on any atom is 0.326 e. The van der Waals surface area contributed by atoms with Gasteiger partial charge in [0.1, 0.15) is 24.2 Å². The van der Waals surface area contributed by atoms with Crippen LogP contribution in [0, 0.1) is 0 Å². The lowest BCUT2D eigenvalue weighted by molar-refractivity contribution is -0.144. The molecule has 16 heteroatoms. The van der Waals surface area contributed by atoms with E-state index in [0.29, 0.717) is 5.69 Å². The first-order valence-electron chi connectivity index (χ1n) is 9.86. The number of primary amides is 1. The first kappa shape index (κ1) is 28.0. The van der Waals surface area contributed by atoms with Crippen molar-refractivity contribution in [1.82, 2.24) is 25.9 Å². The second kappa shape index (κ2) is 12.9. The van der Waals surface area contributed by atoms with Crippen LogP contribution in [0.2, 0.25) is 0 Å². The summed E-state index contributed by atoms with van der Waals surface area (Å²) >= 11 is 0. The summed E-state index contributed by atoms with van der Waals surface area (Å²) in [6, 6.07) is -6.38. The van der Waals surface area contributed by atoms with E-state index in [2.05, 4.69) is 25.9 Å². The number of carboxylic acids is 2. The lowest BCUT2D eigenvalue weighted by atomic mass is 10.1. The van der Waals surface area contributed by atoms with Gasteiger partial charge >= 0.3 is 11.9 Å². The predicted molar refractivity (Wildman–Crippen MR) is 111 cm³/mol. The molecule has 11 N–H and O–H groups in total. The molecule has 0 saturated carbocycles. The van der Waals surface area contributed by atoms with E-state index in [9.17, 15) is 39.0 Å². The average molecular weight is 485 g/mol. The molecular weight excluding hydrogens is 458 g/mol. The fourth-order valence-electron chi connectivity index (χ4n) is 2.64. The summed E-state index contributed by atoms with van der Waals surface area (Å²) in [4.78, 5) is 77.8. The van der Waals surface area contributed by atoms with Gasteiger partial charge in [0.15, 0.2) is 0 Å². The van der Waals surface area contributed by atoms with E-state index in [4.69, 9.17) is 16.6 Å². The van der Waals surface area contributed by atoms with Crippen molar-refractivity contribution in [3.63, 3.8) is 0 Å². The number of carbonyl (C=O) groups excluding carboxylic acids is 4. The number of imidazole rings is 1. The number of aliphatic carboxylic acids is 2. The van der Waals surface area contributed by atoms with Crippen molar-refractivity contribution in [3.05, 3.63) is 18.2 Å². The van der Waals surface area contributed by atoms with E-state index in [1.807, 2.05) is 0 Å². The number of H-pyrrole nitrogens is 1. The largest absolute Gasteiger partial charge is 0.481 e. The molecule has 4 amide bonds. The van der Waals surface area contributed by atoms with Gasteiger partial charge in [-0.15, -0.1) is 0 Å². The van der Waals surface area contributed by atoms with Crippen LogP contribution >= 0.6 is 0 Å². The highest BCUT2D eigenvalue weighted by atomic mass is 16.4. The molecule has 5 unspecified atom stereocenters. The monoisotopic (exact) mass is 485 g/mol. The average Bonchev–Trinajstić information content (AvgIpc) is 3.23. The Morgan fingerprint density at radius 3 is 1.94 bits per heavy atom. The Kier molecular flexibility index (Phi) is 10.6. The maximum absolute atomic E-state index is 12.6. The maximum atomic E-state index is 12.6. The number of rotatable bonds is 14. The van der Waals surface area contributed by atoms with E-state index in [-0.39, 0.29) is 6.42 Å². The van der Waals surface area contributed by atoms with E-state index in [1.165, 1.54) is 19.4 Å². The van der Waals surface area contributed by atoms with Gasteiger partial charge < -0.3 is 47.7 Å². The number of nitrogens with two attached hydrogens (primary N) is 2. The first-order valence-corrected chi connectivity index (χ1v) is 9.86. The van der Waals surface area contributed by atoms with Gasteiger partial charge in [0.05, 0.1) is 25.3 Å². The first-order chi connectivity index (χ1) is 15.8. The van der Waals surface area contributed by atoms with Crippen molar-refractivity contribution in [1.29, 1.82) is 0 Å². The summed E-state index contributed by atoms with van der Waals surface area (Å²) in [6.07, 6.45) is -0.576. The van der Waals surface area contributed by atoms with Crippen LogP contribution in [0.15, 0.2) is 12.5 Å². The molecule has 0 bridgehead atoms. The molecule has 0 aliphatic heterocycles. The van der Waals surface area contributed by atoms with Gasteiger partial charge in [0.2, 0.25) is 23.6 Å². The van der Waals surface area contributed by atoms with E-state index < -0.39 is 78.7 Å².